The molecule has 1 atom stereocenters. The molecule has 1 N–H and O–H groups in total. The van der Waals surface area contributed by atoms with Crippen LogP contribution in [0.1, 0.15) is 54.6 Å². The van der Waals surface area contributed by atoms with Crippen molar-refractivity contribution in [3.05, 3.63) is 47.2 Å². The molecule has 0 saturated carbocycles. The summed E-state index contributed by atoms with van der Waals surface area (Å²) in [7, 11) is 0. The van der Waals surface area contributed by atoms with Crippen LogP contribution in [0.15, 0.2) is 30.5 Å². The van der Waals surface area contributed by atoms with Gasteiger partial charge in [0.05, 0.1) is 6.20 Å². The third-order valence-electron chi connectivity index (χ3n) is 4.90. The van der Waals surface area contributed by atoms with Crippen molar-refractivity contribution in [2.24, 2.45) is 0 Å². The van der Waals surface area contributed by atoms with E-state index >= 15 is 0 Å². The molecule has 1 aromatic carbocycles. The van der Waals surface area contributed by atoms with Crippen molar-refractivity contribution in [3.63, 3.8) is 0 Å². The molecule has 3 rings (SSSR count). The number of amides is 2. The Balaban J connectivity index is 1.77. The van der Waals surface area contributed by atoms with E-state index in [2.05, 4.69) is 17.3 Å². The molecule has 1 aliphatic heterocycles. The third-order valence-corrected chi connectivity index (χ3v) is 4.90. The number of carbonyl (C=O) groups excluding carboxylic acids is 2. The lowest BCUT2D eigenvalue weighted by Crippen LogP contribution is -2.44. The van der Waals surface area contributed by atoms with Crippen LogP contribution in [0, 0.1) is 6.92 Å². The SMILES string of the molecule is CCCCn1ncc(C)c1NC(=O)C(CC)N1Cc2ccccc2C1=O. The molecule has 138 valence electrons. The summed E-state index contributed by atoms with van der Waals surface area (Å²) in [5.74, 6) is 0.500. The number of hydrogen-bond donors (Lipinski definition) is 1. The standard InChI is InChI=1S/C20H26N4O2/c1-4-6-11-24-18(14(3)12-21-24)22-19(25)17(5-2)23-13-15-9-7-8-10-16(15)20(23)26/h7-10,12,17H,4-6,11,13H2,1-3H3,(H,22,25). The Morgan fingerprint density at radius 3 is 2.77 bits per heavy atom. The molecule has 1 aliphatic rings. The summed E-state index contributed by atoms with van der Waals surface area (Å²) < 4.78 is 1.84. The summed E-state index contributed by atoms with van der Waals surface area (Å²) in [4.78, 5) is 27.3. The smallest absolute Gasteiger partial charge is 0.255 e. The largest absolute Gasteiger partial charge is 0.322 e. The number of nitrogens with one attached hydrogen (secondary N) is 1. The van der Waals surface area contributed by atoms with E-state index in [0.29, 0.717) is 18.5 Å². The molecule has 0 saturated heterocycles. The van der Waals surface area contributed by atoms with Gasteiger partial charge in [-0.15, -0.1) is 0 Å². The van der Waals surface area contributed by atoms with Gasteiger partial charge in [0, 0.05) is 24.2 Å². The Hall–Kier alpha value is -2.63. The second kappa shape index (κ2) is 7.72. The number of fused-ring (bicyclic) bond motifs is 1. The zero-order valence-electron chi connectivity index (χ0n) is 15.7. The predicted molar refractivity (Wildman–Crippen MR) is 101 cm³/mol. The Morgan fingerprint density at radius 2 is 2.08 bits per heavy atom. The lowest BCUT2D eigenvalue weighted by molar-refractivity contribution is -0.120. The number of unbranched alkanes of at least 4 members (excludes halogenated alkanes) is 1. The van der Waals surface area contributed by atoms with Crippen LogP contribution in [0.3, 0.4) is 0 Å². The number of benzene rings is 1. The first-order chi connectivity index (χ1) is 12.6. The Bertz CT molecular complexity index is 812. The second-order valence-electron chi connectivity index (χ2n) is 6.76. The number of anilines is 1. The molecule has 1 aromatic heterocycles. The summed E-state index contributed by atoms with van der Waals surface area (Å²) in [6.07, 6.45) is 4.39. The average molecular weight is 354 g/mol. The minimum Gasteiger partial charge on any atom is -0.322 e. The van der Waals surface area contributed by atoms with Gasteiger partial charge in [-0.2, -0.15) is 5.10 Å². The lowest BCUT2D eigenvalue weighted by atomic mass is 10.1. The number of aromatic nitrogens is 2. The van der Waals surface area contributed by atoms with E-state index in [9.17, 15) is 9.59 Å². The number of nitrogens with zero attached hydrogens (tertiary/aromatic N) is 3. The van der Waals surface area contributed by atoms with Gasteiger partial charge in [0.25, 0.3) is 5.91 Å². The number of carbonyl (C=O) groups is 2. The molecular weight excluding hydrogens is 328 g/mol. The molecule has 6 heteroatoms. The van der Waals surface area contributed by atoms with Crippen molar-refractivity contribution in [2.75, 3.05) is 5.32 Å². The van der Waals surface area contributed by atoms with Gasteiger partial charge in [-0.05, 0) is 31.4 Å². The van der Waals surface area contributed by atoms with Crippen LogP contribution in [-0.4, -0.2) is 32.5 Å². The van der Waals surface area contributed by atoms with Gasteiger partial charge in [0.1, 0.15) is 11.9 Å². The molecule has 2 aromatic rings. The summed E-state index contributed by atoms with van der Waals surface area (Å²) >= 11 is 0. The zero-order chi connectivity index (χ0) is 18.7. The Kier molecular flexibility index (Phi) is 5.40. The fraction of sp³-hybridized carbons (Fsp3) is 0.450. The molecule has 2 amide bonds. The summed E-state index contributed by atoms with van der Waals surface area (Å²) in [6.45, 7) is 7.24. The first-order valence-electron chi connectivity index (χ1n) is 9.29. The maximum Gasteiger partial charge on any atom is 0.255 e. The minimum absolute atomic E-state index is 0.0705. The molecule has 0 radical (unpaired) electrons. The fourth-order valence-corrected chi connectivity index (χ4v) is 3.40. The molecule has 0 bridgehead atoms. The van der Waals surface area contributed by atoms with Crippen LogP contribution in [-0.2, 0) is 17.9 Å². The maximum atomic E-state index is 13.0. The predicted octanol–water partition coefficient (Wildman–Crippen LogP) is 3.36. The second-order valence-corrected chi connectivity index (χ2v) is 6.76. The Morgan fingerprint density at radius 1 is 1.31 bits per heavy atom. The van der Waals surface area contributed by atoms with Crippen molar-refractivity contribution in [2.45, 2.75) is 59.2 Å². The summed E-state index contributed by atoms with van der Waals surface area (Å²) in [5, 5.41) is 7.37. The van der Waals surface area contributed by atoms with Gasteiger partial charge in [0.2, 0.25) is 5.91 Å². The van der Waals surface area contributed by atoms with E-state index in [0.717, 1.165) is 36.3 Å². The molecular formula is C20H26N4O2. The van der Waals surface area contributed by atoms with Gasteiger partial charge in [-0.3, -0.25) is 9.59 Å². The molecule has 0 fully saturated rings. The van der Waals surface area contributed by atoms with E-state index in [-0.39, 0.29) is 11.8 Å². The first kappa shape index (κ1) is 18.2. The fourth-order valence-electron chi connectivity index (χ4n) is 3.40. The highest BCUT2D eigenvalue weighted by Crippen LogP contribution is 2.26. The maximum absolute atomic E-state index is 13.0. The lowest BCUT2D eigenvalue weighted by Gasteiger charge is -2.26. The molecule has 2 heterocycles. The molecule has 1 unspecified atom stereocenters. The zero-order valence-corrected chi connectivity index (χ0v) is 15.7. The van der Waals surface area contributed by atoms with Crippen LogP contribution in [0.5, 0.6) is 0 Å². The van der Waals surface area contributed by atoms with E-state index in [1.54, 1.807) is 11.1 Å². The quantitative estimate of drug-likeness (QED) is 0.829. The van der Waals surface area contributed by atoms with E-state index in [4.69, 9.17) is 0 Å². The summed E-state index contributed by atoms with van der Waals surface area (Å²) in [5.41, 5.74) is 2.61. The third kappa shape index (κ3) is 3.36. The number of aryl methyl sites for hydroxylation is 2. The van der Waals surface area contributed by atoms with Crippen LogP contribution >= 0.6 is 0 Å². The summed E-state index contributed by atoms with van der Waals surface area (Å²) in [6, 6.07) is 7.06. The van der Waals surface area contributed by atoms with E-state index in [1.807, 2.05) is 42.8 Å². The highest BCUT2D eigenvalue weighted by Gasteiger charge is 2.35. The van der Waals surface area contributed by atoms with Gasteiger partial charge >= 0.3 is 0 Å². The molecule has 0 aliphatic carbocycles. The first-order valence-corrected chi connectivity index (χ1v) is 9.29. The van der Waals surface area contributed by atoms with Crippen LogP contribution in [0.4, 0.5) is 5.82 Å². The topological polar surface area (TPSA) is 67.2 Å². The van der Waals surface area contributed by atoms with Crippen molar-refractivity contribution < 1.29 is 9.59 Å². The van der Waals surface area contributed by atoms with Crippen LogP contribution in [0.25, 0.3) is 0 Å². The van der Waals surface area contributed by atoms with E-state index in [1.165, 1.54) is 0 Å². The highest BCUT2D eigenvalue weighted by atomic mass is 16.2. The van der Waals surface area contributed by atoms with Crippen LogP contribution in [0.2, 0.25) is 0 Å². The van der Waals surface area contributed by atoms with Crippen molar-refractivity contribution in [3.8, 4) is 0 Å². The van der Waals surface area contributed by atoms with Crippen molar-refractivity contribution in [1.29, 1.82) is 0 Å². The Labute approximate surface area is 154 Å². The van der Waals surface area contributed by atoms with Crippen molar-refractivity contribution in [1.82, 2.24) is 14.7 Å². The van der Waals surface area contributed by atoms with Gasteiger partial charge in [-0.25, -0.2) is 4.68 Å². The van der Waals surface area contributed by atoms with E-state index < -0.39 is 6.04 Å². The normalized spacial score (nSPS) is 14.4. The molecule has 6 nitrogen and oxygen atoms in total. The monoisotopic (exact) mass is 354 g/mol. The van der Waals surface area contributed by atoms with Crippen LogP contribution < -0.4 is 5.32 Å². The minimum atomic E-state index is -0.496. The number of rotatable bonds is 7. The molecule has 0 spiro atoms. The molecule has 26 heavy (non-hydrogen) atoms. The van der Waals surface area contributed by atoms with Crippen molar-refractivity contribution >= 4 is 17.6 Å². The van der Waals surface area contributed by atoms with Gasteiger partial charge in [-0.1, -0.05) is 38.5 Å². The van der Waals surface area contributed by atoms with Gasteiger partial charge < -0.3 is 10.2 Å². The highest BCUT2D eigenvalue weighted by molar-refractivity contribution is 6.03. The van der Waals surface area contributed by atoms with Gasteiger partial charge in [0.15, 0.2) is 0 Å². The number of hydrogen-bond acceptors (Lipinski definition) is 3. The average Bonchev–Trinajstić information content (AvgIpc) is 3.15.